The highest BCUT2D eigenvalue weighted by molar-refractivity contribution is 5.87. The Morgan fingerprint density at radius 1 is 1.04 bits per heavy atom. The molecule has 0 bridgehead atoms. The molecular formula is C17H13F3N2O. The van der Waals surface area contributed by atoms with Crippen LogP contribution in [-0.4, -0.2) is 4.98 Å². The molecule has 3 nitrogen and oxygen atoms in total. The fraction of sp³-hybridized carbons (Fsp3) is 0.118. The van der Waals surface area contributed by atoms with Crippen molar-refractivity contribution in [2.45, 2.75) is 12.7 Å². The van der Waals surface area contributed by atoms with Gasteiger partial charge in [0.2, 0.25) is 0 Å². The maximum absolute atomic E-state index is 12.8. The van der Waals surface area contributed by atoms with Gasteiger partial charge in [-0.2, -0.15) is 13.2 Å². The summed E-state index contributed by atoms with van der Waals surface area (Å²) in [6, 6.07) is 11.8. The smallest absolute Gasteiger partial charge is 0.416 e. The van der Waals surface area contributed by atoms with Crippen LogP contribution in [0.1, 0.15) is 11.1 Å². The van der Waals surface area contributed by atoms with Crippen LogP contribution < -0.4 is 10.5 Å². The molecular weight excluding hydrogens is 305 g/mol. The van der Waals surface area contributed by atoms with Gasteiger partial charge in [0.25, 0.3) is 0 Å². The molecule has 23 heavy (non-hydrogen) atoms. The minimum absolute atomic E-state index is 0.104. The lowest BCUT2D eigenvalue weighted by molar-refractivity contribution is -0.137. The zero-order valence-electron chi connectivity index (χ0n) is 12.0. The lowest BCUT2D eigenvalue weighted by atomic mass is 10.1. The Morgan fingerprint density at radius 2 is 1.87 bits per heavy atom. The van der Waals surface area contributed by atoms with E-state index in [9.17, 15) is 13.2 Å². The van der Waals surface area contributed by atoms with E-state index in [4.69, 9.17) is 10.5 Å². The summed E-state index contributed by atoms with van der Waals surface area (Å²) in [7, 11) is 0. The Bertz CT molecular complexity index is 847. The fourth-order valence-electron chi connectivity index (χ4n) is 2.33. The number of hydrogen-bond acceptors (Lipinski definition) is 3. The van der Waals surface area contributed by atoms with Crippen molar-refractivity contribution in [3.63, 3.8) is 0 Å². The molecule has 0 amide bonds. The topological polar surface area (TPSA) is 48.1 Å². The number of nitrogens with zero attached hydrogens (tertiary/aromatic N) is 1. The van der Waals surface area contributed by atoms with Crippen LogP contribution in [0.2, 0.25) is 0 Å². The summed E-state index contributed by atoms with van der Waals surface area (Å²) >= 11 is 0. The monoisotopic (exact) mass is 318 g/mol. The van der Waals surface area contributed by atoms with Gasteiger partial charge in [-0.05, 0) is 35.9 Å². The molecule has 0 aliphatic carbocycles. The second-order valence-corrected chi connectivity index (χ2v) is 4.95. The van der Waals surface area contributed by atoms with Crippen LogP contribution in [0.3, 0.4) is 0 Å². The Morgan fingerprint density at radius 3 is 2.61 bits per heavy atom. The Hall–Kier alpha value is -2.60. The zero-order valence-corrected chi connectivity index (χ0v) is 12.0. The second kappa shape index (κ2) is 5.89. The van der Waals surface area contributed by atoms with Crippen LogP contribution in [0.5, 0.6) is 11.5 Å². The molecule has 3 aromatic rings. The quantitative estimate of drug-likeness (QED) is 0.773. The number of alkyl halides is 3. The SMILES string of the molecule is NCc1ccc(Oc2cccc(C(F)(F)F)c2)c2ncccc12. The number of pyridine rings is 1. The third-order valence-electron chi connectivity index (χ3n) is 3.43. The van der Waals surface area contributed by atoms with Crippen molar-refractivity contribution < 1.29 is 17.9 Å². The highest BCUT2D eigenvalue weighted by Gasteiger charge is 2.30. The van der Waals surface area contributed by atoms with Gasteiger partial charge in [-0.25, -0.2) is 0 Å². The summed E-state index contributed by atoms with van der Waals surface area (Å²) in [5.74, 6) is 0.490. The van der Waals surface area contributed by atoms with Crippen LogP contribution in [-0.2, 0) is 12.7 Å². The van der Waals surface area contributed by atoms with Gasteiger partial charge in [0.05, 0.1) is 5.56 Å². The summed E-state index contributed by atoms with van der Waals surface area (Å²) in [6.07, 6.45) is -2.81. The van der Waals surface area contributed by atoms with Crippen LogP contribution in [0.4, 0.5) is 13.2 Å². The molecule has 3 rings (SSSR count). The van der Waals surface area contributed by atoms with E-state index in [1.165, 1.54) is 12.1 Å². The van der Waals surface area contributed by atoms with Crippen molar-refractivity contribution in [3.05, 3.63) is 65.9 Å². The molecule has 6 heteroatoms. The van der Waals surface area contributed by atoms with Crippen LogP contribution in [0.25, 0.3) is 10.9 Å². The maximum Gasteiger partial charge on any atom is 0.416 e. The van der Waals surface area contributed by atoms with Gasteiger partial charge in [0, 0.05) is 18.1 Å². The van der Waals surface area contributed by atoms with Gasteiger partial charge in [-0.3, -0.25) is 4.98 Å². The first kappa shape index (κ1) is 15.3. The zero-order chi connectivity index (χ0) is 16.4. The average Bonchev–Trinajstić information content (AvgIpc) is 2.55. The van der Waals surface area contributed by atoms with Crippen LogP contribution in [0.15, 0.2) is 54.7 Å². The third-order valence-corrected chi connectivity index (χ3v) is 3.43. The van der Waals surface area contributed by atoms with Crippen molar-refractivity contribution in [1.82, 2.24) is 4.98 Å². The van der Waals surface area contributed by atoms with Crippen molar-refractivity contribution in [1.29, 1.82) is 0 Å². The number of aromatic nitrogens is 1. The predicted octanol–water partition coefficient (Wildman–Crippen LogP) is 4.50. The van der Waals surface area contributed by atoms with E-state index in [0.717, 1.165) is 23.1 Å². The lowest BCUT2D eigenvalue weighted by Crippen LogP contribution is -2.04. The Balaban J connectivity index is 2.03. The van der Waals surface area contributed by atoms with E-state index in [1.807, 2.05) is 6.07 Å². The average molecular weight is 318 g/mol. The molecule has 0 aliphatic rings. The number of benzene rings is 2. The summed E-state index contributed by atoms with van der Waals surface area (Å²) in [6.45, 7) is 0.339. The Labute approximate surface area is 130 Å². The van der Waals surface area contributed by atoms with Gasteiger partial charge >= 0.3 is 6.18 Å². The molecule has 0 unspecified atom stereocenters. The van der Waals surface area contributed by atoms with Crippen LogP contribution >= 0.6 is 0 Å². The van der Waals surface area contributed by atoms with Crippen molar-refractivity contribution in [2.75, 3.05) is 0 Å². The fourth-order valence-corrected chi connectivity index (χ4v) is 2.33. The largest absolute Gasteiger partial charge is 0.455 e. The third kappa shape index (κ3) is 3.12. The molecule has 2 N–H and O–H groups in total. The van der Waals surface area contributed by atoms with Gasteiger partial charge in [0.15, 0.2) is 5.75 Å². The van der Waals surface area contributed by atoms with E-state index in [2.05, 4.69) is 4.98 Å². The van der Waals surface area contributed by atoms with Crippen molar-refractivity contribution in [2.24, 2.45) is 5.73 Å². The molecule has 1 heterocycles. The number of ether oxygens (including phenoxy) is 1. The molecule has 0 saturated heterocycles. The maximum atomic E-state index is 12.8. The van der Waals surface area contributed by atoms with E-state index >= 15 is 0 Å². The number of hydrogen-bond donors (Lipinski definition) is 1. The molecule has 0 aliphatic heterocycles. The van der Waals surface area contributed by atoms with Crippen molar-refractivity contribution >= 4 is 10.9 Å². The van der Waals surface area contributed by atoms with E-state index in [1.54, 1.807) is 24.4 Å². The second-order valence-electron chi connectivity index (χ2n) is 4.95. The molecule has 0 spiro atoms. The summed E-state index contributed by atoms with van der Waals surface area (Å²) < 4.78 is 44.0. The first-order valence-electron chi connectivity index (χ1n) is 6.91. The van der Waals surface area contributed by atoms with E-state index in [-0.39, 0.29) is 5.75 Å². The molecule has 1 aromatic heterocycles. The highest BCUT2D eigenvalue weighted by atomic mass is 19.4. The standard InChI is InChI=1S/C17H13F3N2O/c18-17(19,20)12-3-1-4-13(9-12)23-15-7-6-11(10-21)14-5-2-8-22-16(14)15/h1-9H,10,21H2. The molecule has 0 saturated carbocycles. The minimum atomic E-state index is -4.41. The minimum Gasteiger partial charge on any atom is -0.455 e. The number of rotatable bonds is 3. The Kier molecular flexibility index (Phi) is 3.92. The predicted molar refractivity (Wildman–Crippen MR) is 81.2 cm³/mol. The summed E-state index contributed by atoms with van der Waals surface area (Å²) in [5, 5.41) is 0.819. The lowest BCUT2D eigenvalue weighted by Gasteiger charge is -2.12. The highest BCUT2D eigenvalue weighted by Crippen LogP contribution is 2.34. The number of nitrogens with two attached hydrogens (primary N) is 1. The molecule has 0 atom stereocenters. The first-order chi connectivity index (χ1) is 11.0. The summed E-state index contributed by atoms with van der Waals surface area (Å²) in [5.41, 5.74) is 6.39. The van der Waals surface area contributed by atoms with E-state index in [0.29, 0.717) is 17.8 Å². The molecule has 0 radical (unpaired) electrons. The van der Waals surface area contributed by atoms with Gasteiger partial charge in [-0.15, -0.1) is 0 Å². The summed E-state index contributed by atoms with van der Waals surface area (Å²) in [4.78, 5) is 4.25. The van der Waals surface area contributed by atoms with E-state index < -0.39 is 11.7 Å². The van der Waals surface area contributed by atoms with Crippen molar-refractivity contribution in [3.8, 4) is 11.5 Å². The number of halogens is 3. The number of fused-ring (bicyclic) bond motifs is 1. The normalized spacial score (nSPS) is 11.7. The van der Waals surface area contributed by atoms with Gasteiger partial charge in [-0.1, -0.05) is 18.2 Å². The molecule has 0 fully saturated rings. The first-order valence-corrected chi connectivity index (χ1v) is 6.91. The molecule has 118 valence electrons. The van der Waals surface area contributed by atoms with Gasteiger partial charge < -0.3 is 10.5 Å². The van der Waals surface area contributed by atoms with Crippen LogP contribution in [0, 0.1) is 0 Å². The van der Waals surface area contributed by atoms with Gasteiger partial charge in [0.1, 0.15) is 11.3 Å². The molecule has 2 aromatic carbocycles.